The SMILES string of the molecule is CCCCCCCCCCCCCCCCCCC(Cc1cc(Cc2cc(C(C)(C)C)cc(C(C)(C)C)c2O)c(O)c(C(C)(C)C)c1)C(=O)O. The van der Waals surface area contributed by atoms with E-state index < -0.39 is 11.9 Å². The van der Waals surface area contributed by atoms with Crippen LogP contribution in [0.4, 0.5) is 0 Å². The summed E-state index contributed by atoms with van der Waals surface area (Å²) in [7, 11) is 0. The van der Waals surface area contributed by atoms with Crippen LogP contribution in [-0.4, -0.2) is 21.3 Å². The number of hydrogen-bond acceptors (Lipinski definition) is 3. The lowest BCUT2D eigenvalue weighted by molar-refractivity contribution is -0.142. The molecule has 2 aromatic carbocycles. The summed E-state index contributed by atoms with van der Waals surface area (Å²) in [6.07, 6.45) is 22.4. The Morgan fingerprint density at radius 3 is 1.36 bits per heavy atom. The fourth-order valence-electron chi connectivity index (χ4n) is 7.16. The van der Waals surface area contributed by atoms with Crippen LogP contribution >= 0.6 is 0 Å². The van der Waals surface area contributed by atoms with Crippen molar-refractivity contribution in [3.05, 3.63) is 57.6 Å². The van der Waals surface area contributed by atoms with Crippen molar-refractivity contribution < 1.29 is 20.1 Å². The second kappa shape index (κ2) is 20.5. The highest BCUT2D eigenvalue weighted by Gasteiger charge is 2.28. The van der Waals surface area contributed by atoms with E-state index in [1.807, 2.05) is 12.1 Å². The summed E-state index contributed by atoms with van der Waals surface area (Å²) in [4.78, 5) is 12.4. The quantitative estimate of drug-likeness (QED) is 0.107. The number of carboxylic acids is 1. The highest BCUT2D eigenvalue weighted by atomic mass is 16.4. The molecule has 4 heteroatoms. The fourth-order valence-corrected chi connectivity index (χ4v) is 7.16. The minimum atomic E-state index is -0.747. The van der Waals surface area contributed by atoms with Crippen LogP contribution in [0.5, 0.6) is 11.5 Å². The van der Waals surface area contributed by atoms with Gasteiger partial charge in [0.1, 0.15) is 11.5 Å². The molecule has 4 nitrogen and oxygen atoms in total. The van der Waals surface area contributed by atoms with Crippen molar-refractivity contribution >= 4 is 5.97 Å². The molecule has 0 amide bonds. The highest BCUT2D eigenvalue weighted by molar-refractivity contribution is 5.70. The first-order valence-corrected chi connectivity index (χ1v) is 20.3. The average Bonchev–Trinajstić information content (AvgIpc) is 3.00. The van der Waals surface area contributed by atoms with Crippen LogP contribution in [0.25, 0.3) is 0 Å². The first kappa shape index (κ1) is 43.7. The van der Waals surface area contributed by atoms with Crippen molar-refractivity contribution in [2.75, 3.05) is 0 Å². The largest absolute Gasteiger partial charge is 0.507 e. The third-order valence-corrected chi connectivity index (χ3v) is 10.5. The Morgan fingerprint density at radius 1 is 0.560 bits per heavy atom. The molecule has 0 heterocycles. The number of phenols is 2. The Hall–Kier alpha value is -2.49. The van der Waals surface area contributed by atoms with Gasteiger partial charge in [0.25, 0.3) is 0 Å². The maximum Gasteiger partial charge on any atom is 0.306 e. The molecule has 284 valence electrons. The zero-order chi connectivity index (χ0) is 37.5. The van der Waals surface area contributed by atoms with E-state index in [2.05, 4.69) is 81.4 Å². The molecular weight excluding hydrogens is 617 g/mol. The van der Waals surface area contributed by atoms with Gasteiger partial charge in [0.05, 0.1) is 5.92 Å². The monoisotopic (exact) mass is 693 g/mol. The maximum atomic E-state index is 12.4. The van der Waals surface area contributed by atoms with Gasteiger partial charge in [0, 0.05) is 6.42 Å². The third kappa shape index (κ3) is 15.0. The summed E-state index contributed by atoms with van der Waals surface area (Å²) in [5, 5.41) is 33.3. The Kier molecular flexibility index (Phi) is 17.9. The van der Waals surface area contributed by atoms with Gasteiger partial charge in [-0.3, -0.25) is 4.79 Å². The molecule has 0 radical (unpaired) electrons. The average molecular weight is 693 g/mol. The van der Waals surface area contributed by atoms with E-state index in [1.165, 1.54) is 89.9 Å². The Bertz CT molecular complexity index is 1300. The standard InChI is InChI=1S/C46H76O4/c1-11-12-13-14-15-16-17-18-19-20-21-22-23-24-25-26-27-35(43(49)50)28-34-29-36(41(47)39(30-34)45(5,6)7)31-37-32-38(44(2,3)4)33-40(42(37)48)46(8,9)10/h29-30,32-33,35,47-48H,11-28,31H2,1-10H3,(H,49,50). The van der Waals surface area contributed by atoms with E-state index in [9.17, 15) is 20.1 Å². The Labute approximate surface area is 307 Å². The number of unbranched alkanes of at least 4 members (excludes halogenated alkanes) is 15. The van der Waals surface area contributed by atoms with Crippen molar-refractivity contribution in [1.82, 2.24) is 0 Å². The van der Waals surface area contributed by atoms with Gasteiger partial charge in [-0.25, -0.2) is 0 Å². The van der Waals surface area contributed by atoms with Gasteiger partial charge in [0.2, 0.25) is 0 Å². The third-order valence-electron chi connectivity index (χ3n) is 10.5. The number of hydrogen-bond donors (Lipinski definition) is 3. The zero-order valence-corrected chi connectivity index (χ0v) is 34.1. The predicted molar refractivity (Wildman–Crippen MR) is 214 cm³/mol. The van der Waals surface area contributed by atoms with Gasteiger partial charge in [-0.2, -0.15) is 0 Å². The first-order valence-electron chi connectivity index (χ1n) is 20.3. The van der Waals surface area contributed by atoms with Gasteiger partial charge in [-0.1, -0.05) is 196 Å². The minimum Gasteiger partial charge on any atom is -0.507 e. The zero-order valence-electron chi connectivity index (χ0n) is 34.1. The molecule has 0 saturated heterocycles. The molecule has 0 saturated carbocycles. The normalized spacial score (nSPS) is 13.2. The smallest absolute Gasteiger partial charge is 0.306 e. The molecule has 3 N–H and O–H groups in total. The molecule has 1 atom stereocenters. The van der Waals surface area contributed by atoms with E-state index in [4.69, 9.17) is 0 Å². The van der Waals surface area contributed by atoms with Gasteiger partial charge >= 0.3 is 5.97 Å². The fraction of sp³-hybridized carbons (Fsp3) is 0.717. The predicted octanol–water partition coefficient (Wildman–Crippen LogP) is 13.5. The summed E-state index contributed by atoms with van der Waals surface area (Å²) >= 11 is 0. The second-order valence-electron chi connectivity index (χ2n) is 18.4. The Balaban J connectivity index is 2.02. The minimum absolute atomic E-state index is 0.107. The summed E-state index contributed by atoms with van der Waals surface area (Å²) in [5.74, 6) is -0.691. The lowest BCUT2D eigenvalue weighted by Gasteiger charge is -2.28. The molecule has 0 aliphatic carbocycles. The van der Waals surface area contributed by atoms with Crippen LogP contribution < -0.4 is 0 Å². The Morgan fingerprint density at radius 2 is 0.960 bits per heavy atom. The van der Waals surface area contributed by atoms with Crippen LogP contribution in [0.15, 0.2) is 24.3 Å². The number of aromatic hydroxyl groups is 2. The van der Waals surface area contributed by atoms with Crippen molar-refractivity contribution in [3.63, 3.8) is 0 Å². The van der Waals surface area contributed by atoms with E-state index in [0.717, 1.165) is 46.2 Å². The maximum absolute atomic E-state index is 12.4. The lowest BCUT2D eigenvalue weighted by Crippen LogP contribution is -2.19. The molecule has 2 rings (SSSR count). The number of rotatable bonds is 22. The van der Waals surface area contributed by atoms with E-state index in [0.29, 0.717) is 19.3 Å². The van der Waals surface area contributed by atoms with Crippen LogP contribution in [0, 0.1) is 5.92 Å². The van der Waals surface area contributed by atoms with Gasteiger partial charge in [-0.15, -0.1) is 0 Å². The molecule has 0 bridgehead atoms. The number of carbonyl (C=O) groups is 1. The molecule has 0 aliphatic rings. The van der Waals surface area contributed by atoms with Crippen LogP contribution in [0.3, 0.4) is 0 Å². The van der Waals surface area contributed by atoms with Crippen LogP contribution in [0.2, 0.25) is 0 Å². The van der Waals surface area contributed by atoms with Crippen molar-refractivity contribution in [2.24, 2.45) is 5.92 Å². The second-order valence-corrected chi connectivity index (χ2v) is 18.4. The molecule has 0 aliphatic heterocycles. The van der Waals surface area contributed by atoms with Gasteiger partial charge in [-0.05, 0) is 62.5 Å². The van der Waals surface area contributed by atoms with E-state index in [-0.39, 0.29) is 27.7 Å². The summed E-state index contributed by atoms with van der Waals surface area (Å²) in [6, 6.07) is 8.18. The van der Waals surface area contributed by atoms with Crippen molar-refractivity contribution in [2.45, 2.75) is 207 Å². The highest BCUT2D eigenvalue weighted by Crippen LogP contribution is 2.41. The molecule has 2 aromatic rings. The van der Waals surface area contributed by atoms with Gasteiger partial charge in [0.15, 0.2) is 0 Å². The molecule has 0 spiro atoms. The van der Waals surface area contributed by atoms with Crippen molar-refractivity contribution in [3.8, 4) is 11.5 Å². The van der Waals surface area contributed by atoms with Crippen molar-refractivity contribution in [1.29, 1.82) is 0 Å². The first-order chi connectivity index (χ1) is 23.4. The molecule has 1 unspecified atom stereocenters. The lowest BCUT2D eigenvalue weighted by atomic mass is 9.77. The number of benzene rings is 2. The summed E-state index contributed by atoms with van der Waals surface area (Å²) in [5.41, 5.74) is 4.65. The number of phenolic OH excluding ortho intramolecular Hbond substituents is 2. The van der Waals surface area contributed by atoms with Gasteiger partial charge < -0.3 is 15.3 Å². The summed E-state index contributed by atoms with van der Waals surface area (Å²) < 4.78 is 0. The number of aliphatic carboxylic acids is 1. The van der Waals surface area contributed by atoms with Crippen LogP contribution in [0.1, 0.15) is 212 Å². The molecule has 0 aromatic heterocycles. The van der Waals surface area contributed by atoms with E-state index in [1.54, 1.807) is 0 Å². The molecule has 0 fully saturated rings. The summed E-state index contributed by atoms with van der Waals surface area (Å²) in [6.45, 7) is 21.4. The topological polar surface area (TPSA) is 77.8 Å². The van der Waals surface area contributed by atoms with Crippen LogP contribution in [-0.2, 0) is 33.9 Å². The molecular formula is C46H76O4. The molecule has 50 heavy (non-hydrogen) atoms. The number of carboxylic acid groups (broad SMARTS) is 1. The van der Waals surface area contributed by atoms with E-state index >= 15 is 0 Å².